The molecule has 1 heterocycles. The molecule has 4 N–H and O–H groups in total. The van der Waals surface area contributed by atoms with Crippen LogP contribution in [0.1, 0.15) is 20.3 Å². The molecule has 0 aromatic carbocycles. The minimum absolute atomic E-state index is 0.347. The lowest BCUT2D eigenvalue weighted by molar-refractivity contribution is -0.118. The van der Waals surface area contributed by atoms with Crippen LogP contribution in [0, 0.1) is 0 Å². The van der Waals surface area contributed by atoms with E-state index in [0.29, 0.717) is 16.8 Å². The SMILES string of the molecule is CCCNc1ncc(Cl)c(NC(C)C(N)=O)n1. The summed E-state index contributed by atoms with van der Waals surface area (Å²) in [4.78, 5) is 19.1. The summed E-state index contributed by atoms with van der Waals surface area (Å²) in [5.41, 5.74) is 5.15. The number of hydrogen-bond acceptors (Lipinski definition) is 5. The molecule has 94 valence electrons. The van der Waals surface area contributed by atoms with Gasteiger partial charge in [-0.1, -0.05) is 18.5 Å². The predicted molar refractivity (Wildman–Crippen MR) is 68.1 cm³/mol. The van der Waals surface area contributed by atoms with E-state index in [9.17, 15) is 4.79 Å². The molecule has 1 aromatic rings. The molecule has 1 amide bonds. The number of nitrogens with one attached hydrogen (secondary N) is 2. The fourth-order valence-electron chi connectivity index (χ4n) is 1.07. The van der Waals surface area contributed by atoms with Gasteiger partial charge in [0.05, 0.1) is 6.20 Å². The van der Waals surface area contributed by atoms with Gasteiger partial charge in [0.2, 0.25) is 11.9 Å². The van der Waals surface area contributed by atoms with Crippen molar-refractivity contribution in [3.63, 3.8) is 0 Å². The number of aromatic nitrogens is 2. The average molecular weight is 258 g/mol. The van der Waals surface area contributed by atoms with Gasteiger partial charge in [-0.25, -0.2) is 4.98 Å². The topological polar surface area (TPSA) is 92.9 Å². The number of primary amides is 1. The third kappa shape index (κ3) is 4.07. The van der Waals surface area contributed by atoms with Crippen LogP contribution in [0.5, 0.6) is 0 Å². The number of carbonyl (C=O) groups excluding carboxylic acids is 1. The molecule has 0 radical (unpaired) electrons. The first-order valence-electron chi connectivity index (χ1n) is 5.36. The minimum atomic E-state index is -0.540. The number of halogens is 1. The number of anilines is 2. The van der Waals surface area contributed by atoms with Gasteiger partial charge in [0, 0.05) is 6.54 Å². The molecule has 0 aliphatic rings. The zero-order valence-electron chi connectivity index (χ0n) is 9.83. The maximum Gasteiger partial charge on any atom is 0.239 e. The van der Waals surface area contributed by atoms with Crippen LogP contribution in [-0.4, -0.2) is 28.5 Å². The van der Waals surface area contributed by atoms with Crippen LogP contribution in [0.3, 0.4) is 0 Å². The van der Waals surface area contributed by atoms with Crippen LogP contribution in [0.2, 0.25) is 5.02 Å². The number of amides is 1. The molecule has 0 spiro atoms. The lowest BCUT2D eigenvalue weighted by atomic mass is 10.3. The van der Waals surface area contributed by atoms with Crippen LogP contribution in [0.4, 0.5) is 11.8 Å². The van der Waals surface area contributed by atoms with E-state index in [1.165, 1.54) is 6.20 Å². The zero-order valence-corrected chi connectivity index (χ0v) is 10.6. The second kappa shape index (κ2) is 6.24. The summed E-state index contributed by atoms with van der Waals surface area (Å²) in [7, 11) is 0. The Balaban J connectivity index is 2.79. The summed E-state index contributed by atoms with van der Waals surface area (Å²) in [5, 5.41) is 6.20. The summed E-state index contributed by atoms with van der Waals surface area (Å²) in [6.45, 7) is 4.45. The molecule has 6 nitrogen and oxygen atoms in total. The molecular weight excluding hydrogens is 242 g/mol. The van der Waals surface area contributed by atoms with E-state index in [4.69, 9.17) is 17.3 Å². The van der Waals surface area contributed by atoms with E-state index in [0.717, 1.165) is 13.0 Å². The lowest BCUT2D eigenvalue weighted by Gasteiger charge is -2.13. The van der Waals surface area contributed by atoms with Crippen molar-refractivity contribution in [2.75, 3.05) is 17.2 Å². The van der Waals surface area contributed by atoms with E-state index in [-0.39, 0.29) is 0 Å². The number of hydrogen-bond donors (Lipinski definition) is 3. The van der Waals surface area contributed by atoms with Crippen molar-refractivity contribution in [2.24, 2.45) is 5.73 Å². The van der Waals surface area contributed by atoms with E-state index < -0.39 is 11.9 Å². The van der Waals surface area contributed by atoms with Crippen LogP contribution in [0.15, 0.2) is 6.20 Å². The zero-order chi connectivity index (χ0) is 12.8. The van der Waals surface area contributed by atoms with Gasteiger partial charge in [0.1, 0.15) is 11.1 Å². The molecule has 0 bridgehead atoms. The molecule has 1 unspecified atom stereocenters. The van der Waals surface area contributed by atoms with Crippen LogP contribution >= 0.6 is 11.6 Å². The molecule has 0 aliphatic carbocycles. The second-order valence-electron chi connectivity index (χ2n) is 3.59. The third-order valence-corrected chi connectivity index (χ3v) is 2.33. The highest BCUT2D eigenvalue weighted by Crippen LogP contribution is 2.19. The molecule has 0 saturated carbocycles. The molecule has 0 fully saturated rings. The van der Waals surface area contributed by atoms with Gasteiger partial charge < -0.3 is 16.4 Å². The van der Waals surface area contributed by atoms with Gasteiger partial charge in [-0.2, -0.15) is 4.98 Å². The van der Waals surface area contributed by atoms with E-state index >= 15 is 0 Å². The summed E-state index contributed by atoms with van der Waals surface area (Å²) in [6.07, 6.45) is 2.44. The van der Waals surface area contributed by atoms with Crippen molar-refractivity contribution < 1.29 is 4.79 Å². The van der Waals surface area contributed by atoms with Crippen molar-refractivity contribution in [3.05, 3.63) is 11.2 Å². The fourth-order valence-corrected chi connectivity index (χ4v) is 1.21. The van der Waals surface area contributed by atoms with Crippen LogP contribution < -0.4 is 16.4 Å². The molecule has 17 heavy (non-hydrogen) atoms. The van der Waals surface area contributed by atoms with E-state index in [2.05, 4.69) is 20.6 Å². The van der Waals surface area contributed by atoms with Gasteiger partial charge in [0.25, 0.3) is 0 Å². The number of carbonyl (C=O) groups is 1. The van der Waals surface area contributed by atoms with Gasteiger partial charge >= 0.3 is 0 Å². The predicted octanol–water partition coefficient (Wildman–Crippen LogP) is 1.24. The van der Waals surface area contributed by atoms with Crippen molar-refractivity contribution >= 4 is 29.3 Å². The number of nitrogens with zero attached hydrogens (tertiary/aromatic N) is 2. The van der Waals surface area contributed by atoms with Crippen molar-refractivity contribution in [1.82, 2.24) is 9.97 Å². The Hall–Kier alpha value is -1.56. The average Bonchev–Trinajstić information content (AvgIpc) is 2.29. The maximum atomic E-state index is 10.9. The molecule has 1 aromatic heterocycles. The van der Waals surface area contributed by atoms with E-state index in [1.54, 1.807) is 6.92 Å². The Morgan fingerprint density at radius 3 is 2.94 bits per heavy atom. The standard InChI is InChI=1S/C10H16ClN5O/c1-3-4-13-10-14-5-7(11)9(16-10)15-6(2)8(12)17/h5-6H,3-4H2,1-2H3,(H2,12,17)(H2,13,14,15,16). The first kappa shape index (κ1) is 13.5. The highest BCUT2D eigenvalue weighted by Gasteiger charge is 2.12. The van der Waals surface area contributed by atoms with Gasteiger partial charge in [0.15, 0.2) is 5.82 Å². The first-order chi connectivity index (χ1) is 8.04. The quantitative estimate of drug-likeness (QED) is 0.713. The smallest absolute Gasteiger partial charge is 0.239 e. The molecular formula is C10H16ClN5O. The Morgan fingerprint density at radius 1 is 1.65 bits per heavy atom. The fraction of sp³-hybridized carbons (Fsp3) is 0.500. The summed E-state index contributed by atoms with van der Waals surface area (Å²) >= 11 is 5.91. The normalized spacial score (nSPS) is 11.9. The lowest BCUT2D eigenvalue weighted by Crippen LogP contribution is -2.33. The summed E-state index contributed by atoms with van der Waals surface area (Å²) in [5.74, 6) is 0.393. The molecule has 1 rings (SSSR count). The Morgan fingerprint density at radius 2 is 2.35 bits per heavy atom. The van der Waals surface area contributed by atoms with Crippen LogP contribution in [-0.2, 0) is 4.79 Å². The summed E-state index contributed by atoms with van der Waals surface area (Å²) < 4.78 is 0. The third-order valence-electron chi connectivity index (χ3n) is 2.06. The first-order valence-corrected chi connectivity index (χ1v) is 5.74. The molecule has 0 aliphatic heterocycles. The summed E-state index contributed by atoms with van der Waals surface area (Å²) in [6, 6.07) is -0.540. The Labute approximate surface area is 105 Å². The maximum absolute atomic E-state index is 10.9. The molecule has 0 saturated heterocycles. The number of nitrogens with two attached hydrogens (primary N) is 1. The van der Waals surface area contributed by atoms with Gasteiger partial charge in [-0.3, -0.25) is 4.79 Å². The largest absolute Gasteiger partial charge is 0.368 e. The van der Waals surface area contributed by atoms with Crippen LogP contribution in [0.25, 0.3) is 0 Å². The highest BCUT2D eigenvalue weighted by atomic mass is 35.5. The van der Waals surface area contributed by atoms with E-state index in [1.807, 2.05) is 6.92 Å². The van der Waals surface area contributed by atoms with Crippen molar-refractivity contribution in [1.29, 1.82) is 0 Å². The second-order valence-corrected chi connectivity index (χ2v) is 3.99. The highest BCUT2D eigenvalue weighted by molar-refractivity contribution is 6.32. The Bertz CT molecular complexity index is 398. The minimum Gasteiger partial charge on any atom is -0.368 e. The monoisotopic (exact) mass is 257 g/mol. The van der Waals surface area contributed by atoms with Gasteiger partial charge in [-0.05, 0) is 13.3 Å². The van der Waals surface area contributed by atoms with Crippen molar-refractivity contribution in [2.45, 2.75) is 26.3 Å². The molecule has 7 heteroatoms. The number of rotatable bonds is 6. The van der Waals surface area contributed by atoms with Crippen molar-refractivity contribution in [3.8, 4) is 0 Å². The molecule has 1 atom stereocenters. The van der Waals surface area contributed by atoms with Gasteiger partial charge in [-0.15, -0.1) is 0 Å². The Kier molecular flexibility index (Phi) is 4.96.